The molecule has 0 fully saturated rings. The van der Waals surface area contributed by atoms with Crippen molar-refractivity contribution in [2.75, 3.05) is 0 Å². The van der Waals surface area contributed by atoms with Gasteiger partial charge < -0.3 is 5.11 Å². The Hall–Kier alpha value is -0.900. The van der Waals surface area contributed by atoms with Gasteiger partial charge in [-0.05, 0) is 13.8 Å². The SMILES string of the molecule is CC(C)(O)c1cn[nH]n1. The molecule has 0 spiro atoms. The molecule has 1 aromatic rings. The molecule has 0 aliphatic heterocycles. The number of hydrogen-bond donors (Lipinski definition) is 2. The van der Waals surface area contributed by atoms with Crippen LogP contribution in [0.3, 0.4) is 0 Å². The first-order valence-electron chi connectivity index (χ1n) is 2.69. The van der Waals surface area contributed by atoms with Crippen molar-refractivity contribution in [3.05, 3.63) is 11.9 Å². The first-order valence-corrected chi connectivity index (χ1v) is 2.69. The van der Waals surface area contributed by atoms with Gasteiger partial charge in [-0.1, -0.05) is 0 Å². The van der Waals surface area contributed by atoms with Crippen LogP contribution >= 0.6 is 0 Å². The van der Waals surface area contributed by atoms with Gasteiger partial charge in [-0.15, -0.1) is 0 Å². The summed E-state index contributed by atoms with van der Waals surface area (Å²) in [5.41, 5.74) is -0.324. The molecular weight excluding hydrogens is 118 g/mol. The van der Waals surface area contributed by atoms with Crippen LogP contribution in [0.2, 0.25) is 0 Å². The van der Waals surface area contributed by atoms with Crippen molar-refractivity contribution in [1.29, 1.82) is 0 Å². The summed E-state index contributed by atoms with van der Waals surface area (Å²) < 4.78 is 0. The summed E-state index contributed by atoms with van der Waals surface area (Å²) in [6, 6.07) is 0. The second-order valence-electron chi connectivity index (χ2n) is 2.41. The Bertz CT molecular complexity index is 175. The highest BCUT2D eigenvalue weighted by Crippen LogP contribution is 2.13. The molecule has 0 aliphatic rings. The number of H-pyrrole nitrogens is 1. The largest absolute Gasteiger partial charge is 0.384 e. The van der Waals surface area contributed by atoms with Crippen molar-refractivity contribution in [2.45, 2.75) is 19.4 Å². The van der Waals surface area contributed by atoms with E-state index in [-0.39, 0.29) is 0 Å². The Kier molecular flexibility index (Phi) is 1.25. The molecular formula is C5H9N3O. The van der Waals surface area contributed by atoms with E-state index in [4.69, 9.17) is 0 Å². The maximum atomic E-state index is 9.26. The molecule has 0 radical (unpaired) electrons. The Morgan fingerprint density at radius 2 is 2.33 bits per heavy atom. The standard InChI is InChI=1S/C5H9N3O/c1-5(2,9)4-3-6-8-7-4/h3,9H,1-2H3,(H,6,7,8). The van der Waals surface area contributed by atoms with Crippen LogP contribution in [0.4, 0.5) is 0 Å². The summed E-state index contributed by atoms with van der Waals surface area (Å²) in [7, 11) is 0. The van der Waals surface area contributed by atoms with Gasteiger partial charge in [0.2, 0.25) is 0 Å². The number of aromatic nitrogens is 3. The van der Waals surface area contributed by atoms with E-state index < -0.39 is 5.60 Å². The fourth-order valence-electron chi connectivity index (χ4n) is 0.496. The smallest absolute Gasteiger partial charge is 0.113 e. The fourth-order valence-corrected chi connectivity index (χ4v) is 0.496. The van der Waals surface area contributed by atoms with Gasteiger partial charge in [0.25, 0.3) is 0 Å². The molecule has 0 unspecified atom stereocenters. The van der Waals surface area contributed by atoms with E-state index in [0.717, 1.165) is 0 Å². The van der Waals surface area contributed by atoms with Crippen LogP contribution in [0.15, 0.2) is 6.20 Å². The van der Waals surface area contributed by atoms with E-state index in [9.17, 15) is 5.11 Å². The average molecular weight is 127 g/mol. The molecule has 0 aromatic carbocycles. The minimum atomic E-state index is -0.882. The minimum Gasteiger partial charge on any atom is -0.384 e. The van der Waals surface area contributed by atoms with Gasteiger partial charge in [0, 0.05) is 0 Å². The van der Waals surface area contributed by atoms with Crippen LogP contribution in [0.1, 0.15) is 19.5 Å². The first kappa shape index (κ1) is 6.22. The zero-order chi connectivity index (χ0) is 6.91. The summed E-state index contributed by atoms with van der Waals surface area (Å²) in [6.45, 7) is 3.32. The van der Waals surface area contributed by atoms with Gasteiger partial charge in [0.05, 0.1) is 6.20 Å². The lowest BCUT2D eigenvalue weighted by molar-refractivity contribution is 0.0737. The van der Waals surface area contributed by atoms with Gasteiger partial charge in [-0.2, -0.15) is 15.4 Å². The van der Waals surface area contributed by atoms with E-state index >= 15 is 0 Å². The zero-order valence-corrected chi connectivity index (χ0v) is 5.42. The quantitative estimate of drug-likeness (QED) is 0.559. The molecule has 0 saturated carbocycles. The Labute approximate surface area is 52.9 Å². The molecule has 1 rings (SSSR count). The summed E-state index contributed by atoms with van der Waals surface area (Å²) in [5.74, 6) is 0. The third-order valence-electron chi connectivity index (χ3n) is 1.04. The molecule has 1 heterocycles. The second kappa shape index (κ2) is 1.80. The number of nitrogens with one attached hydrogen (secondary N) is 1. The van der Waals surface area contributed by atoms with Crippen LogP contribution in [0.5, 0.6) is 0 Å². The van der Waals surface area contributed by atoms with Crippen LogP contribution in [-0.2, 0) is 5.60 Å². The normalized spacial score (nSPS) is 11.9. The fraction of sp³-hybridized carbons (Fsp3) is 0.600. The van der Waals surface area contributed by atoms with Gasteiger partial charge in [-0.3, -0.25) is 0 Å². The number of rotatable bonds is 1. The Balaban J connectivity index is 2.90. The first-order chi connectivity index (χ1) is 4.11. The van der Waals surface area contributed by atoms with Crippen molar-refractivity contribution >= 4 is 0 Å². The predicted molar refractivity (Wildman–Crippen MR) is 31.6 cm³/mol. The highest BCUT2D eigenvalue weighted by atomic mass is 16.3. The van der Waals surface area contributed by atoms with Gasteiger partial charge in [0.1, 0.15) is 11.3 Å². The molecule has 0 saturated heterocycles. The molecule has 4 heteroatoms. The molecule has 0 bridgehead atoms. The van der Waals surface area contributed by atoms with Gasteiger partial charge in [0.15, 0.2) is 0 Å². The lowest BCUT2D eigenvalue weighted by Crippen LogP contribution is -2.15. The maximum absolute atomic E-state index is 9.26. The summed E-state index contributed by atoms with van der Waals surface area (Å²) >= 11 is 0. The van der Waals surface area contributed by atoms with Crippen molar-refractivity contribution in [1.82, 2.24) is 15.4 Å². The van der Waals surface area contributed by atoms with Crippen molar-refractivity contribution in [3.63, 3.8) is 0 Å². The number of aromatic amines is 1. The lowest BCUT2D eigenvalue weighted by Gasteiger charge is -2.11. The third kappa shape index (κ3) is 1.26. The molecule has 50 valence electrons. The molecule has 0 amide bonds. The highest BCUT2D eigenvalue weighted by molar-refractivity contribution is 5.01. The van der Waals surface area contributed by atoms with Crippen molar-refractivity contribution < 1.29 is 5.11 Å². The second-order valence-corrected chi connectivity index (χ2v) is 2.41. The maximum Gasteiger partial charge on any atom is 0.113 e. The average Bonchev–Trinajstić information content (AvgIpc) is 2.08. The number of hydrogen-bond acceptors (Lipinski definition) is 3. The zero-order valence-electron chi connectivity index (χ0n) is 5.42. The molecule has 0 atom stereocenters. The molecule has 9 heavy (non-hydrogen) atoms. The Morgan fingerprint density at radius 1 is 1.67 bits per heavy atom. The monoisotopic (exact) mass is 127 g/mol. The van der Waals surface area contributed by atoms with E-state index in [0.29, 0.717) is 5.69 Å². The van der Waals surface area contributed by atoms with E-state index in [1.54, 1.807) is 13.8 Å². The van der Waals surface area contributed by atoms with Gasteiger partial charge in [-0.25, -0.2) is 0 Å². The topological polar surface area (TPSA) is 61.8 Å². The highest BCUT2D eigenvalue weighted by Gasteiger charge is 2.17. The van der Waals surface area contributed by atoms with Crippen LogP contribution in [0.25, 0.3) is 0 Å². The van der Waals surface area contributed by atoms with Crippen molar-refractivity contribution in [3.8, 4) is 0 Å². The number of nitrogens with zero attached hydrogens (tertiary/aromatic N) is 2. The van der Waals surface area contributed by atoms with Crippen LogP contribution in [-0.4, -0.2) is 20.5 Å². The third-order valence-corrected chi connectivity index (χ3v) is 1.04. The summed E-state index contributed by atoms with van der Waals surface area (Å²) in [6.07, 6.45) is 1.50. The predicted octanol–water partition coefficient (Wildman–Crippen LogP) is 0.0321. The number of aliphatic hydroxyl groups is 1. The summed E-state index contributed by atoms with van der Waals surface area (Å²) in [5, 5.41) is 18.9. The summed E-state index contributed by atoms with van der Waals surface area (Å²) in [4.78, 5) is 0. The van der Waals surface area contributed by atoms with E-state index in [1.165, 1.54) is 6.20 Å². The molecule has 4 nitrogen and oxygen atoms in total. The molecule has 0 aliphatic carbocycles. The van der Waals surface area contributed by atoms with E-state index in [1.807, 2.05) is 0 Å². The van der Waals surface area contributed by atoms with Crippen LogP contribution < -0.4 is 0 Å². The Morgan fingerprint density at radius 3 is 2.56 bits per heavy atom. The lowest BCUT2D eigenvalue weighted by atomic mass is 10.1. The van der Waals surface area contributed by atoms with E-state index in [2.05, 4.69) is 15.4 Å². The molecule has 2 N–H and O–H groups in total. The minimum absolute atomic E-state index is 0.558. The van der Waals surface area contributed by atoms with Gasteiger partial charge >= 0.3 is 0 Å². The van der Waals surface area contributed by atoms with Crippen molar-refractivity contribution in [2.24, 2.45) is 0 Å². The molecule has 1 aromatic heterocycles. The van der Waals surface area contributed by atoms with Crippen LogP contribution in [0, 0.1) is 0 Å².